The van der Waals surface area contributed by atoms with Crippen molar-refractivity contribution in [3.8, 4) is 0 Å². The minimum Gasteiger partial charge on any atom is -0.397 e. The summed E-state index contributed by atoms with van der Waals surface area (Å²) < 4.78 is 0.955. The number of nitrogens with zero attached hydrogens (tertiary/aromatic N) is 2. The van der Waals surface area contributed by atoms with Crippen LogP contribution >= 0.6 is 27.3 Å². The summed E-state index contributed by atoms with van der Waals surface area (Å²) in [5.74, 6) is 0.682. The highest BCUT2D eigenvalue weighted by Gasteiger charge is 2.35. The van der Waals surface area contributed by atoms with Gasteiger partial charge >= 0.3 is 0 Å². The van der Waals surface area contributed by atoms with Crippen molar-refractivity contribution in [3.05, 3.63) is 39.1 Å². The van der Waals surface area contributed by atoms with Crippen molar-refractivity contribution in [2.75, 3.05) is 10.6 Å². The second-order valence-corrected chi connectivity index (χ2v) is 6.92. The fraction of sp³-hybridized carbons (Fsp3) is 0.231. The van der Waals surface area contributed by atoms with E-state index in [1.807, 2.05) is 12.1 Å². The molecule has 2 N–H and O–H groups in total. The molecule has 0 atom stereocenters. The molecular weight excluding hydrogens is 326 g/mol. The van der Waals surface area contributed by atoms with Crippen LogP contribution in [0, 0.1) is 0 Å². The van der Waals surface area contributed by atoms with Gasteiger partial charge in [0.2, 0.25) is 0 Å². The molecule has 2 aromatic rings. The van der Waals surface area contributed by atoms with Gasteiger partial charge in [-0.15, -0.1) is 11.3 Å². The third kappa shape index (κ3) is 2.64. The number of rotatable bonds is 3. The Labute approximate surface area is 123 Å². The molecule has 98 valence electrons. The van der Waals surface area contributed by atoms with Gasteiger partial charge in [0, 0.05) is 6.04 Å². The number of pyridine rings is 1. The molecule has 1 fully saturated rings. The average molecular weight is 338 g/mol. The Hall–Kier alpha value is -1.40. The number of hydrogen-bond acceptors (Lipinski definition) is 4. The van der Waals surface area contributed by atoms with Crippen molar-refractivity contribution >= 4 is 44.7 Å². The number of carbonyl (C=O) groups is 1. The molecule has 1 amide bonds. The Kier molecular flexibility index (Phi) is 3.28. The normalized spacial score (nSPS) is 14.4. The van der Waals surface area contributed by atoms with Gasteiger partial charge in [0.05, 0.1) is 20.5 Å². The summed E-state index contributed by atoms with van der Waals surface area (Å²) in [6, 6.07) is 7.57. The first kappa shape index (κ1) is 12.6. The quantitative estimate of drug-likeness (QED) is 0.934. The van der Waals surface area contributed by atoms with E-state index in [2.05, 4.69) is 20.9 Å². The summed E-state index contributed by atoms with van der Waals surface area (Å²) in [5, 5.41) is 0. The summed E-state index contributed by atoms with van der Waals surface area (Å²) in [7, 11) is 0. The predicted octanol–water partition coefficient (Wildman–Crippen LogP) is 3.30. The highest BCUT2D eigenvalue weighted by atomic mass is 79.9. The third-order valence-electron chi connectivity index (χ3n) is 2.93. The third-order valence-corrected chi connectivity index (χ3v) is 4.54. The molecule has 0 saturated heterocycles. The Morgan fingerprint density at radius 3 is 2.68 bits per heavy atom. The summed E-state index contributed by atoms with van der Waals surface area (Å²) in [5.41, 5.74) is 6.24. The van der Waals surface area contributed by atoms with Crippen LogP contribution in [0.4, 0.5) is 11.5 Å². The molecule has 0 aromatic carbocycles. The van der Waals surface area contributed by atoms with Gasteiger partial charge in [-0.2, -0.15) is 0 Å². The standard InChI is InChI=1S/C13H12BrN3OS/c14-11-5-4-10(19-11)13(18)17(9-2-3-9)12-6-1-8(15)7-16-12/h1,4-7,9H,2-3,15H2. The van der Waals surface area contributed by atoms with Crippen LogP contribution in [0.25, 0.3) is 0 Å². The van der Waals surface area contributed by atoms with Gasteiger partial charge in [-0.1, -0.05) is 0 Å². The topological polar surface area (TPSA) is 59.2 Å². The van der Waals surface area contributed by atoms with E-state index >= 15 is 0 Å². The fourth-order valence-electron chi connectivity index (χ4n) is 1.88. The van der Waals surface area contributed by atoms with Gasteiger partial charge in [-0.3, -0.25) is 9.69 Å². The van der Waals surface area contributed by atoms with Gasteiger partial charge < -0.3 is 5.73 Å². The maximum absolute atomic E-state index is 12.6. The van der Waals surface area contributed by atoms with Gasteiger partial charge in [0.1, 0.15) is 5.82 Å². The highest BCUT2D eigenvalue weighted by molar-refractivity contribution is 9.11. The first-order valence-corrected chi connectivity index (χ1v) is 7.56. The molecule has 1 aliphatic carbocycles. The van der Waals surface area contributed by atoms with Crippen molar-refractivity contribution in [1.29, 1.82) is 0 Å². The minimum absolute atomic E-state index is 0.00970. The van der Waals surface area contributed by atoms with E-state index in [0.717, 1.165) is 21.5 Å². The maximum Gasteiger partial charge on any atom is 0.269 e. The van der Waals surface area contributed by atoms with Gasteiger partial charge in [0.25, 0.3) is 5.91 Å². The second kappa shape index (κ2) is 4.94. The van der Waals surface area contributed by atoms with Crippen molar-refractivity contribution < 1.29 is 4.79 Å². The number of amides is 1. The van der Waals surface area contributed by atoms with Gasteiger partial charge in [-0.25, -0.2) is 4.98 Å². The van der Waals surface area contributed by atoms with Gasteiger partial charge in [-0.05, 0) is 53.0 Å². The van der Waals surface area contributed by atoms with Crippen LogP contribution in [0.1, 0.15) is 22.5 Å². The zero-order valence-corrected chi connectivity index (χ0v) is 12.4. The lowest BCUT2D eigenvalue weighted by atomic mass is 10.3. The molecule has 2 heterocycles. The number of nitrogens with two attached hydrogens (primary N) is 1. The average Bonchev–Trinajstić information content (AvgIpc) is 3.13. The molecule has 0 radical (unpaired) electrons. The zero-order chi connectivity index (χ0) is 13.4. The van der Waals surface area contributed by atoms with Gasteiger partial charge in [0.15, 0.2) is 0 Å². The van der Waals surface area contributed by atoms with Crippen molar-refractivity contribution in [1.82, 2.24) is 4.98 Å². The molecule has 0 spiro atoms. The van der Waals surface area contributed by atoms with Crippen LogP contribution in [0.2, 0.25) is 0 Å². The van der Waals surface area contributed by atoms with E-state index < -0.39 is 0 Å². The van der Waals surface area contributed by atoms with Crippen molar-refractivity contribution in [2.45, 2.75) is 18.9 Å². The summed E-state index contributed by atoms with van der Waals surface area (Å²) >= 11 is 4.82. The Morgan fingerprint density at radius 2 is 2.16 bits per heavy atom. The van der Waals surface area contributed by atoms with E-state index in [1.165, 1.54) is 11.3 Å². The van der Waals surface area contributed by atoms with Crippen LogP contribution in [0.3, 0.4) is 0 Å². The van der Waals surface area contributed by atoms with Crippen LogP contribution in [0.15, 0.2) is 34.2 Å². The molecule has 1 saturated carbocycles. The first-order valence-electron chi connectivity index (χ1n) is 5.95. The van der Waals surface area contributed by atoms with Crippen LogP contribution < -0.4 is 10.6 Å². The number of halogens is 1. The molecule has 3 rings (SSSR count). The molecule has 1 aliphatic rings. The smallest absolute Gasteiger partial charge is 0.269 e. The lowest BCUT2D eigenvalue weighted by Crippen LogP contribution is -2.33. The molecule has 6 heteroatoms. The lowest BCUT2D eigenvalue weighted by Gasteiger charge is -2.20. The number of nitrogen functional groups attached to an aromatic ring is 1. The first-order chi connectivity index (χ1) is 9.15. The van der Waals surface area contributed by atoms with Crippen LogP contribution in [0.5, 0.6) is 0 Å². The number of thiophene rings is 1. The monoisotopic (exact) mass is 337 g/mol. The maximum atomic E-state index is 12.6. The Balaban J connectivity index is 1.93. The van der Waals surface area contributed by atoms with Crippen molar-refractivity contribution in [3.63, 3.8) is 0 Å². The SMILES string of the molecule is Nc1ccc(N(C(=O)c2ccc(Br)s2)C2CC2)nc1. The van der Waals surface area contributed by atoms with E-state index in [9.17, 15) is 4.79 Å². The Bertz CT molecular complexity index is 607. The molecule has 0 unspecified atom stereocenters. The van der Waals surface area contributed by atoms with Crippen LogP contribution in [-0.2, 0) is 0 Å². The number of anilines is 2. The molecule has 0 aliphatic heterocycles. The second-order valence-electron chi connectivity index (χ2n) is 4.46. The fourth-order valence-corrected chi connectivity index (χ4v) is 3.20. The lowest BCUT2D eigenvalue weighted by molar-refractivity contribution is 0.0988. The number of carbonyl (C=O) groups excluding carboxylic acids is 1. The largest absolute Gasteiger partial charge is 0.397 e. The Morgan fingerprint density at radius 1 is 1.37 bits per heavy atom. The highest BCUT2D eigenvalue weighted by Crippen LogP contribution is 2.34. The minimum atomic E-state index is 0.00970. The molecular formula is C13H12BrN3OS. The molecule has 2 aromatic heterocycles. The van der Waals surface area contributed by atoms with E-state index in [1.54, 1.807) is 23.2 Å². The number of hydrogen-bond donors (Lipinski definition) is 1. The zero-order valence-electron chi connectivity index (χ0n) is 10.0. The molecule has 0 bridgehead atoms. The van der Waals surface area contributed by atoms with E-state index in [4.69, 9.17) is 5.73 Å². The number of aromatic nitrogens is 1. The predicted molar refractivity (Wildman–Crippen MR) is 80.5 cm³/mol. The molecule has 4 nitrogen and oxygen atoms in total. The summed E-state index contributed by atoms with van der Waals surface area (Å²) in [6.45, 7) is 0. The van der Waals surface area contributed by atoms with E-state index in [0.29, 0.717) is 11.5 Å². The summed E-state index contributed by atoms with van der Waals surface area (Å²) in [6.07, 6.45) is 3.65. The molecule has 19 heavy (non-hydrogen) atoms. The summed E-state index contributed by atoms with van der Waals surface area (Å²) in [4.78, 5) is 19.3. The van der Waals surface area contributed by atoms with E-state index in [-0.39, 0.29) is 11.9 Å². The van der Waals surface area contributed by atoms with Crippen LogP contribution in [-0.4, -0.2) is 16.9 Å². The van der Waals surface area contributed by atoms with Crippen molar-refractivity contribution in [2.24, 2.45) is 0 Å².